The molecule has 0 spiro atoms. The molecule has 152 valence electrons. The van der Waals surface area contributed by atoms with Crippen LogP contribution in [-0.4, -0.2) is 35.0 Å². The van der Waals surface area contributed by atoms with Gasteiger partial charge < -0.3 is 15.0 Å². The molecule has 0 aliphatic heterocycles. The van der Waals surface area contributed by atoms with E-state index in [-0.39, 0.29) is 18.5 Å². The molecule has 0 aliphatic rings. The Morgan fingerprint density at radius 1 is 1.10 bits per heavy atom. The summed E-state index contributed by atoms with van der Waals surface area (Å²) >= 11 is 6.19. The number of nitrogens with one attached hydrogen (secondary N) is 2. The minimum atomic E-state index is -0.334. The lowest BCUT2D eigenvalue weighted by atomic mass is 10.1. The number of nitrogens with zero attached hydrogens (tertiary/aromatic N) is 1. The van der Waals surface area contributed by atoms with E-state index in [1.807, 2.05) is 42.5 Å². The molecule has 7 heteroatoms. The maximum absolute atomic E-state index is 12.8. The second-order valence-corrected chi connectivity index (χ2v) is 7.35. The molecule has 2 aromatic heterocycles. The van der Waals surface area contributed by atoms with Gasteiger partial charge in [-0.15, -0.1) is 0 Å². The van der Waals surface area contributed by atoms with E-state index in [9.17, 15) is 9.59 Å². The van der Waals surface area contributed by atoms with Gasteiger partial charge >= 0.3 is 5.97 Å². The highest BCUT2D eigenvalue weighted by molar-refractivity contribution is 6.31. The van der Waals surface area contributed by atoms with E-state index in [0.717, 1.165) is 27.4 Å². The molecule has 4 aromatic rings. The van der Waals surface area contributed by atoms with E-state index in [1.165, 1.54) is 6.92 Å². The summed E-state index contributed by atoms with van der Waals surface area (Å²) in [6.45, 7) is 2.00. The van der Waals surface area contributed by atoms with Crippen LogP contribution < -0.4 is 5.32 Å². The molecule has 2 N–H and O–H groups in total. The van der Waals surface area contributed by atoms with Gasteiger partial charge in [0.1, 0.15) is 5.69 Å². The van der Waals surface area contributed by atoms with Crippen molar-refractivity contribution in [2.24, 2.45) is 0 Å². The maximum atomic E-state index is 12.8. The van der Waals surface area contributed by atoms with Gasteiger partial charge in [0.2, 0.25) is 0 Å². The highest BCUT2D eigenvalue weighted by Crippen LogP contribution is 2.33. The first-order valence-electron chi connectivity index (χ1n) is 9.62. The number of ether oxygens (including phenoxy) is 1. The van der Waals surface area contributed by atoms with Crippen molar-refractivity contribution in [3.8, 4) is 11.3 Å². The smallest absolute Gasteiger partial charge is 0.302 e. The normalized spacial score (nSPS) is 11.0. The van der Waals surface area contributed by atoms with Crippen molar-refractivity contribution < 1.29 is 14.3 Å². The van der Waals surface area contributed by atoms with E-state index in [2.05, 4.69) is 15.3 Å². The predicted molar refractivity (Wildman–Crippen MR) is 118 cm³/mol. The highest BCUT2D eigenvalue weighted by atomic mass is 35.5. The predicted octanol–water partition coefficient (Wildman–Crippen LogP) is 4.72. The van der Waals surface area contributed by atoms with Crippen LogP contribution in [0.2, 0.25) is 5.02 Å². The molecule has 0 saturated carbocycles. The van der Waals surface area contributed by atoms with Gasteiger partial charge in [0.25, 0.3) is 5.91 Å². The molecule has 1 amide bonds. The molecule has 0 saturated heterocycles. The third-order valence-corrected chi connectivity index (χ3v) is 4.97. The van der Waals surface area contributed by atoms with Gasteiger partial charge in [-0.1, -0.05) is 41.9 Å². The quantitative estimate of drug-likeness (QED) is 0.348. The van der Waals surface area contributed by atoms with Crippen LogP contribution in [0.3, 0.4) is 0 Å². The molecular formula is C23H20ClN3O3. The lowest BCUT2D eigenvalue weighted by Crippen LogP contribution is -2.26. The summed E-state index contributed by atoms with van der Waals surface area (Å²) in [5.74, 6) is -0.618. The lowest BCUT2D eigenvalue weighted by Gasteiger charge is -2.09. The minimum absolute atomic E-state index is 0.262. The van der Waals surface area contributed by atoms with Crippen molar-refractivity contribution in [1.29, 1.82) is 0 Å². The molecule has 0 unspecified atom stereocenters. The van der Waals surface area contributed by atoms with Crippen LogP contribution >= 0.6 is 11.6 Å². The first kappa shape index (κ1) is 19.9. The zero-order valence-electron chi connectivity index (χ0n) is 16.4. The Labute approximate surface area is 178 Å². The number of hydrogen-bond acceptors (Lipinski definition) is 4. The number of halogens is 1. The van der Waals surface area contributed by atoms with Gasteiger partial charge in [-0.3, -0.25) is 9.59 Å². The number of carbonyl (C=O) groups is 2. The summed E-state index contributed by atoms with van der Waals surface area (Å²) in [5.41, 5.74) is 3.62. The molecule has 6 nitrogen and oxygen atoms in total. The third-order valence-electron chi connectivity index (χ3n) is 4.74. The second kappa shape index (κ2) is 8.55. The molecule has 0 atom stereocenters. The Bertz CT molecular complexity index is 1250. The molecule has 0 radical (unpaired) electrons. The van der Waals surface area contributed by atoms with E-state index in [0.29, 0.717) is 29.4 Å². The summed E-state index contributed by atoms with van der Waals surface area (Å²) in [7, 11) is 0. The Morgan fingerprint density at radius 3 is 2.73 bits per heavy atom. The Balaban J connectivity index is 1.72. The number of pyridine rings is 1. The van der Waals surface area contributed by atoms with Crippen LogP contribution in [0.1, 0.15) is 23.8 Å². The molecule has 0 fully saturated rings. The number of hydrogen-bond donors (Lipinski definition) is 2. The number of benzene rings is 2. The van der Waals surface area contributed by atoms with Crippen molar-refractivity contribution in [3.05, 3.63) is 65.3 Å². The molecule has 30 heavy (non-hydrogen) atoms. The molecule has 2 heterocycles. The second-order valence-electron chi connectivity index (χ2n) is 6.91. The van der Waals surface area contributed by atoms with E-state index in [4.69, 9.17) is 16.3 Å². The van der Waals surface area contributed by atoms with E-state index < -0.39 is 0 Å². The molecule has 0 bridgehead atoms. The van der Waals surface area contributed by atoms with Gasteiger partial charge in [0.15, 0.2) is 0 Å². The number of fused-ring (bicyclic) bond motifs is 3. The van der Waals surface area contributed by atoms with E-state index in [1.54, 1.807) is 12.1 Å². The van der Waals surface area contributed by atoms with Crippen LogP contribution in [0.5, 0.6) is 0 Å². The lowest BCUT2D eigenvalue weighted by molar-refractivity contribution is -0.140. The Kier molecular flexibility index (Phi) is 5.68. The van der Waals surface area contributed by atoms with Gasteiger partial charge in [0.05, 0.1) is 17.8 Å². The number of aromatic amines is 1. The Hall–Kier alpha value is -3.38. The molecule has 4 rings (SSSR count). The fourth-order valence-electron chi connectivity index (χ4n) is 3.39. The van der Waals surface area contributed by atoms with Gasteiger partial charge in [-0.2, -0.15) is 0 Å². The molecule has 0 aliphatic carbocycles. The average Bonchev–Trinajstić information content (AvgIpc) is 3.11. The summed E-state index contributed by atoms with van der Waals surface area (Å²) in [6, 6.07) is 17.1. The number of rotatable bonds is 6. The largest absolute Gasteiger partial charge is 0.466 e. The minimum Gasteiger partial charge on any atom is -0.466 e. The monoisotopic (exact) mass is 421 g/mol. The number of esters is 1. The van der Waals surface area contributed by atoms with Gasteiger partial charge in [0, 0.05) is 40.3 Å². The average molecular weight is 422 g/mol. The maximum Gasteiger partial charge on any atom is 0.302 e. The summed E-state index contributed by atoms with van der Waals surface area (Å²) in [5, 5.41) is 5.37. The fraction of sp³-hybridized carbons (Fsp3) is 0.174. The molecular weight excluding hydrogens is 402 g/mol. The van der Waals surface area contributed by atoms with Gasteiger partial charge in [-0.05, 0) is 30.7 Å². The first-order chi connectivity index (χ1) is 14.5. The van der Waals surface area contributed by atoms with Crippen LogP contribution in [-0.2, 0) is 9.53 Å². The fourth-order valence-corrected chi connectivity index (χ4v) is 3.58. The van der Waals surface area contributed by atoms with E-state index >= 15 is 0 Å². The molecule has 2 aromatic carbocycles. The van der Waals surface area contributed by atoms with Crippen molar-refractivity contribution in [1.82, 2.24) is 15.3 Å². The summed E-state index contributed by atoms with van der Waals surface area (Å²) in [6.07, 6.45) is 0.530. The van der Waals surface area contributed by atoms with Crippen LogP contribution in [0.15, 0.2) is 54.6 Å². The zero-order valence-corrected chi connectivity index (χ0v) is 17.1. The number of para-hydroxylation sites is 1. The Morgan fingerprint density at radius 2 is 1.93 bits per heavy atom. The number of H-pyrrole nitrogens is 1. The topological polar surface area (TPSA) is 84.1 Å². The van der Waals surface area contributed by atoms with Crippen LogP contribution in [0, 0.1) is 0 Å². The van der Waals surface area contributed by atoms with Gasteiger partial charge in [-0.25, -0.2) is 4.98 Å². The zero-order chi connectivity index (χ0) is 21.1. The van der Waals surface area contributed by atoms with Crippen molar-refractivity contribution in [3.63, 3.8) is 0 Å². The van der Waals surface area contributed by atoms with Crippen LogP contribution in [0.25, 0.3) is 33.1 Å². The summed E-state index contributed by atoms with van der Waals surface area (Å²) < 4.78 is 4.89. The first-order valence-corrected chi connectivity index (χ1v) is 9.99. The van der Waals surface area contributed by atoms with Crippen molar-refractivity contribution >= 4 is 45.3 Å². The summed E-state index contributed by atoms with van der Waals surface area (Å²) in [4.78, 5) is 31.7. The van der Waals surface area contributed by atoms with Crippen molar-refractivity contribution in [2.75, 3.05) is 13.2 Å². The number of amides is 1. The highest BCUT2D eigenvalue weighted by Gasteiger charge is 2.17. The van der Waals surface area contributed by atoms with Crippen molar-refractivity contribution in [2.45, 2.75) is 13.3 Å². The standard InChI is InChI=1S/C23H20ClN3O3/c1-14(28)30-11-5-10-25-23(29)20-13-18-17-8-2-3-9-19(17)26-22(18)21(27-20)15-6-4-7-16(24)12-15/h2-4,6-9,12-13,26H,5,10-11H2,1H3,(H,25,29). The van der Waals surface area contributed by atoms with Crippen LogP contribution in [0.4, 0.5) is 0 Å². The SMILES string of the molecule is CC(=O)OCCCNC(=O)c1cc2c([nH]c3ccccc32)c(-c2cccc(Cl)c2)n1. The third kappa shape index (κ3) is 4.14. The number of aromatic nitrogens is 2. The number of carbonyl (C=O) groups excluding carboxylic acids is 2.